The van der Waals surface area contributed by atoms with E-state index in [-0.39, 0.29) is 37.5 Å². The van der Waals surface area contributed by atoms with Gasteiger partial charge in [-0.3, -0.25) is 14.4 Å². The first-order chi connectivity index (χ1) is 39.0. The Labute approximate surface area is 487 Å². The van der Waals surface area contributed by atoms with Gasteiger partial charge in [0.15, 0.2) is 6.10 Å². The fourth-order valence-electron chi connectivity index (χ4n) is 8.85. The Morgan fingerprint density at radius 2 is 0.519 bits per heavy atom. The van der Waals surface area contributed by atoms with Gasteiger partial charge in [0.05, 0.1) is 0 Å². The van der Waals surface area contributed by atoms with Gasteiger partial charge in [0.25, 0.3) is 0 Å². The lowest BCUT2D eigenvalue weighted by Gasteiger charge is -2.18. The van der Waals surface area contributed by atoms with Crippen molar-refractivity contribution < 1.29 is 28.6 Å². The summed E-state index contributed by atoms with van der Waals surface area (Å²) < 4.78 is 16.8. The predicted molar refractivity (Wildman–Crippen MR) is 343 cm³/mol. The van der Waals surface area contributed by atoms with Crippen LogP contribution in [0.2, 0.25) is 0 Å². The average molecular weight is 1090 g/mol. The Balaban J connectivity index is 4.43. The SMILES string of the molecule is CC/C=C\C/C=C\C/C=C\C/C=C\C/C=C\C/C=C\C/C=C\CCCCCC(=O)OCC(COC(=O)CC/C=C\C/C=C\C/C=C\C/C=C\CC)OC(=O)CCCCCCCCCCCCCCCCCCCCCCCCC. The lowest BCUT2D eigenvalue weighted by Crippen LogP contribution is -2.30. The maximum absolute atomic E-state index is 12.9. The second-order valence-corrected chi connectivity index (χ2v) is 21.3. The number of carbonyl (C=O) groups excluding carboxylic acids is 3. The molecule has 6 nitrogen and oxygen atoms in total. The first-order valence-electron chi connectivity index (χ1n) is 32.7. The molecule has 0 radical (unpaired) electrons. The highest BCUT2D eigenvalue weighted by molar-refractivity contribution is 5.71. The van der Waals surface area contributed by atoms with Crippen LogP contribution in [-0.4, -0.2) is 37.2 Å². The zero-order valence-electron chi connectivity index (χ0n) is 51.3. The molecule has 0 aromatic rings. The second kappa shape index (κ2) is 66.1. The summed E-state index contributed by atoms with van der Waals surface area (Å²) in [5.41, 5.74) is 0. The van der Waals surface area contributed by atoms with E-state index < -0.39 is 6.10 Å². The van der Waals surface area contributed by atoms with Crippen molar-refractivity contribution in [3.05, 3.63) is 134 Å². The van der Waals surface area contributed by atoms with Crippen molar-refractivity contribution in [2.24, 2.45) is 0 Å². The van der Waals surface area contributed by atoms with E-state index in [1.54, 1.807) is 0 Å². The van der Waals surface area contributed by atoms with Crippen molar-refractivity contribution >= 4 is 17.9 Å². The summed E-state index contributed by atoms with van der Waals surface area (Å²) in [5.74, 6) is -1.03. The van der Waals surface area contributed by atoms with Gasteiger partial charge in [0.2, 0.25) is 0 Å². The highest BCUT2D eigenvalue weighted by atomic mass is 16.6. The zero-order chi connectivity index (χ0) is 57.1. The van der Waals surface area contributed by atoms with Gasteiger partial charge in [-0.25, -0.2) is 0 Å². The fourth-order valence-corrected chi connectivity index (χ4v) is 8.85. The molecule has 0 aromatic heterocycles. The average Bonchev–Trinajstić information content (AvgIpc) is 3.45. The van der Waals surface area contributed by atoms with Crippen molar-refractivity contribution in [2.45, 2.75) is 297 Å². The first kappa shape index (κ1) is 74.5. The molecular formula is C73H120O6. The lowest BCUT2D eigenvalue weighted by molar-refractivity contribution is -0.166. The second-order valence-electron chi connectivity index (χ2n) is 21.3. The number of rotatable bonds is 58. The standard InChI is InChI=1S/C73H120O6/c1-4-7-10-13-16-19-22-25-27-29-31-33-35-36-38-39-41-43-45-48-51-54-57-60-63-66-72(75)78-69-70(68-77-71(74)65-62-59-56-53-50-47-24-21-18-15-12-9-6-3)79-73(76)67-64-61-58-55-52-49-46-44-42-40-37-34-32-30-28-26-23-20-17-14-11-8-5-2/h7,9-10,12,16,18-19,21,25,27,31,33,36,38,41,43,47-48,50-51,56,59,70H,4-6,8,11,13-15,17,20,22-24,26,28-30,32,34-35,37,39-40,42,44-46,49,52-55,57-58,60-69H2,1-3H3/b10-7-,12-9-,19-16-,21-18-,27-25-,33-31-,38-36-,43-41-,50-47-,51-48-,59-56-. The van der Waals surface area contributed by atoms with Crippen molar-refractivity contribution in [1.29, 1.82) is 0 Å². The van der Waals surface area contributed by atoms with E-state index in [4.69, 9.17) is 14.2 Å². The molecule has 0 saturated carbocycles. The fraction of sp³-hybridized carbons (Fsp3) is 0.658. The maximum atomic E-state index is 12.9. The molecule has 0 heterocycles. The Morgan fingerprint density at radius 3 is 0.848 bits per heavy atom. The van der Waals surface area contributed by atoms with Crippen LogP contribution in [0.25, 0.3) is 0 Å². The molecule has 0 spiro atoms. The normalized spacial score (nSPS) is 13.0. The first-order valence-corrected chi connectivity index (χ1v) is 32.7. The van der Waals surface area contributed by atoms with Crippen LogP contribution in [0.15, 0.2) is 134 Å². The van der Waals surface area contributed by atoms with Crippen LogP contribution < -0.4 is 0 Å². The number of hydrogen-bond acceptors (Lipinski definition) is 6. The Bertz CT molecular complexity index is 1680. The van der Waals surface area contributed by atoms with Gasteiger partial charge in [0.1, 0.15) is 13.2 Å². The summed E-state index contributed by atoms with van der Waals surface area (Å²) >= 11 is 0. The molecule has 0 rings (SSSR count). The number of hydrogen-bond donors (Lipinski definition) is 0. The smallest absolute Gasteiger partial charge is 0.306 e. The topological polar surface area (TPSA) is 78.9 Å². The zero-order valence-corrected chi connectivity index (χ0v) is 51.3. The van der Waals surface area contributed by atoms with Crippen LogP contribution in [0, 0.1) is 0 Å². The third-order valence-electron chi connectivity index (χ3n) is 13.7. The monoisotopic (exact) mass is 1090 g/mol. The van der Waals surface area contributed by atoms with Gasteiger partial charge in [0, 0.05) is 19.3 Å². The van der Waals surface area contributed by atoms with Crippen LogP contribution in [0.4, 0.5) is 0 Å². The largest absolute Gasteiger partial charge is 0.462 e. The summed E-state index contributed by atoms with van der Waals surface area (Å²) in [7, 11) is 0. The van der Waals surface area contributed by atoms with Crippen LogP contribution in [0.3, 0.4) is 0 Å². The molecule has 448 valence electrons. The van der Waals surface area contributed by atoms with Crippen molar-refractivity contribution in [3.63, 3.8) is 0 Å². The van der Waals surface area contributed by atoms with Crippen molar-refractivity contribution in [2.75, 3.05) is 13.2 Å². The summed E-state index contributed by atoms with van der Waals surface area (Å²) in [6.07, 6.45) is 93.4. The Morgan fingerprint density at radius 1 is 0.266 bits per heavy atom. The van der Waals surface area contributed by atoms with Gasteiger partial charge in [-0.1, -0.05) is 302 Å². The summed E-state index contributed by atoms with van der Waals surface area (Å²) in [4.78, 5) is 38.3. The van der Waals surface area contributed by atoms with Crippen LogP contribution in [-0.2, 0) is 28.6 Å². The molecule has 0 aliphatic carbocycles. The molecular weight excluding hydrogens is 973 g/mol. The molecule has 79 heavy (non-hydrogen) atoms. The number of unbranched alkanes of at least 4 members (excludes halogenated alkanes) is 25. The summed E-state index contributed by atoms with van der Waals surface area (Å²) in [5, 5.41) is 0. The molecule has 0 saturated heterocycles. The third kappa shape index (κ3) is 64.3. The van der Waals surface area contributed by atoms with Crippen LogP contribution in [0.1, 0.15) is 290 Å². The van der Waals surface area contributed by atoms with E-state index in [1.165, 1.54) is 128 Å². The predicted octanol–water partition coefficient (Wildman–Crippen LogP) is 22.5. The molecule has 0 N–H and O–H groups in total. The third-order valence-corrected chi connectivity index (χ3v) is 13.7. The lowest BCUT2D eigenvalue weighted by atomic mass is 10.0. The molecule has 0 aliphatic rings. The summed E-state index contributed by atoms with van der Waals surface area (Å²) in [6, 6.07) is 0. The Hall–Kier alpha value is -4.45. The van der Waals surface area contributed by atoms with E-state index in [2.05, 4.69) is 148 Å². The van der Waals surface area contributed by atoms with Gasteiger partial charge < -0.3 is 14.2 Å². The van der Waals surface area contributed by atoms with E-state index in [0.717, 1.165) is 116 Å². The van der Waals surface area contributed by atoms with Gasteiger partial charge in [-0.05, 0) is 103 Å². The van der Waals surface area contributed by atoms with E-state index in [9.17, 15) is 14.4 Å². The van der Waals surface area contributed by atoms with Gasteiger partial charge in [-0.2, -0.15) is 0 Å². The molecule has 0 aromatic carbocycles. The molecule has 1 unspecified atom stereocenters. The van der Waals surface area contributed by atoms with Crippen LogP contribution >= 0.6 is 0 Å². The molecule has 1 atom stereocenters. The van der Waals surface area contributed by atoms with Crippen molar-refractivity contribution in [1.82, 2.24) is 0 Å². The van der Waals surface area contributed by atoms with Gasteiger partial charge >= 0.3 is 17.9 Å². The molecule has 0 bridgehead atoms. The molecule has 0 amide bonds. The minimum atomic E-state index is -0.825. The van der Waals surface area contributed by atoms with E-state index in [1.807, 2.05) is 6.08 Å². The minimum Gasteiger partial charge on any atom is -0.462 e. The summed E-state index contributed by atoms with van der Waals surface area (Å²) in [6.45, 7) is 6.34. The number of carbonyl (C=O) groups is 3. The highest BCUT2D eigenvalue weighted by Crippen LogP contribution is 2.17. The quantitative estimate of drug-likeness (QED) is 0.0261. The maximum Gasteiger partial charge on any atom is 0.306 e. The van der Waals surface area contributed by atoms with Gasteiger partial charge in [-0.15, -0.1) is 0 Å². The minimum absolute atomic E-state index is 0.120. The van der Waals surface area contributed by atoms with E-state index in [0.29, 0.717) is 19.3 Å². The number of esters is 3. The van der Waals surface area contributed by atoms with Crippen molar-refractivity contribution in [3.8, 4) is 0 Å². The number of allylic oxidation sites excluding steroid dienone is 22. The number of ether oxygens (including phenoxy) is 3. The Kier molecular flexibility index (Phi) is 62.3. The molecule has 6 heteroatoms. The van der Waals surface area contributed by atoms with Crippen LogP contribution in [0.5, 0.6) is 0 Å². The molecule has 0 aliphatic heterocycles. The van der Waals surface area contributed by atoms with E-state index >= 15 is 0 Å². The highest BCUT2D eigenvalue weighted by Gasteiger charge is 2.19. The molecule has 0 fully saturated rings.